The number of nitrogens with one attached hydrogen (secondary N) is 1. The van der Waals surface area contributed by atoms with Crippen molar-refractivity contribution in [2.24, 2.45) is 0 Å². The molecular weight excluding hydrogens is 446 g/mol. The molecular formula is C31H35N3O2. The van der Waals surface area contributed by atoms with Crippen LogP contribution in [0.15, 0.2) is 97.5 Å². The molecule has 0 bridgehead atoms. The minimum absolute atomic E-state index is 0.129. The fourth-order valence-corrected chi connectivity index (χ4v) is 4.49. The first-order valence-corrected chi connectivity index (χ1v) is 12.5. The molecule has 1 atom stereocenters. The quantitative estimate of drug-likeness (QED) is 0.321. The van der Waals surface area contributed by atoms with Crippen LogP contribution >= 0.6 is 0 Å². The molecule has 1 amide bonds. The van der Waals surface area contributed by atoms with Crippen LogP contribution in [0.1, 0.15) is 66.4 Å². The maximum atomic E-state index is 12.6. The van der Waals surface area contributed by atoms with Crippen molar-refractivity contribution in [1.82, 2.24) is 14.9 Å². The van der Waals surface area contributed by atoms with E-state index in [-0.39, 0.29) is 11.4 Å². The monoisotopic (exact) mass is 481 g/mol. The second-order valence-corrected chi connectivity index (χ2v) is 10.4. The summed E-state index contributed by atoms with van der Waals surface area (Å²) in [4.78, 5) is 17.0. The van der Waals surface area contributed by atoms with Gasteiger partial charge in [0.05, 0.1) is 18.2 Å². The Hall–Kier alpha value is -3.70. The lowest BCUT2D eigenvalue weighted by Gasteiger charge is -2.30. The fourth-order valence-electron chi connectivity index (χ4n) is 4.49. The zero-order valence-corrected chi connectivity index (χ0v) is 21.3. The van der Waals surface area contributed by atoms with Gasteiger partial charge in [0.25, 0.3) is 5.91 Å². The van der Waals surface area contributed by atoms with Crippen LogP contribution in [0.2, 0.25) is 0 Å². The topological polar surface area (TPSA) is 67.2 Å². The summed E-state index contributed by atoms with van der Waals surface area (Å²) in [5.41, 5.74) is 2.86. The SMILES string of the molecule is CC(C)(C)NC(=O)c1ccc(C(O)(CCCc2ccccc2)c2cncn2Cc2ccccc2)cc1. The van der Waals surface area contributed by atoms with E-state index in [2.05, 4.69) is 34.6 Å². The zero-order chi connectivity index (χ0) is 25.6. The van der Waals surface area contributed by atoms with Gasteiger partial charge in [-0.15, -0.1) is 0 Å². The first kappa shape index (κ1) is 25.4. The van der Waals surface area contributed by atoms with Gasteiger partial charge >= 0.3 is 0 Å². The summed E-state index contributed by atoms with van der Waals surface area (Å²) in [7, 11) is 0. The number of rotatable bonds is 9. The van der Waals surface area contributed by atoms with Crippen LogP contribution in [0.5, 0.6) is 0 Å². The number of benzene rings is 3. The molecule has 186 valence electrons. The molecule has 0 aliphatic carbocycles. The average molecular weight is 482 g/mol. The van der Waals surface area contributed by atoms with Gasteiger partial charge in [0.1, 0.15) is 5.60 Å². The van der Waals surface area contributed by atoms with E-state index in [0.717, 1.165) is 29.7 Å². The predicted octanol–water partition coefficient (Wildman–Crippen LogP) is 5.72. The molecule has 3 aromatic carbocycles. The summed E-state index contributed by atoms with van der Waals surface area (Å²) in [6, 6.07) is 27.8. The lowest BCUT2D eigenvalue weighted by Crippen LogP contribution is -2.40. The van der Waals surface area contributed by atoms with Crippen LogP contribution in [0.3, 0.4) is 0 Å². The van der Waals surface area contributed by atoms with E-state index in [1.807, 2.05) is 73.9 Å². The van der Waals surface area contributed by atoms with E-state index < -0.39 is 5.60 Å². The van der Waals surface area contributed by atoms with E-state index in [0.29, 0.717) is 18.5 Å². The fraction of sp³-hybridized carbons (Fsp3) is 0.290. The van der Waals surface area contributed by atoms with Gasteiger partial charge in [0, 0.05) is 17.6 Å². The highest BCUT2D eigenvalue weighted by atomic mass is 16.3. The third-order valence-corrected chi connectivity index (χ3v) is 6.29. The van der Waals surface area contributed by atoms with E-state index in [9.17, 15) is 9.90 Å². The summed E-state index contributed by atoms with van der Waals surface area (Å²) >= 11 is 0. The van der Waals surface area contributed by atoms with Crippen molar-refractivity contribution in [2.45, 2.75) is 57.7 Å². The van der Waals surface area contributed by atoms with Crippen molar-refractivity contribution in [2.75, 3.05) is 0 Å². The van der Waals surface area contributed by atoms with Gasteiger partial charge in [-0.2, -0.15) is 0 Å². The normalized spacial score (nSPS) is 13.2. The van der Waals surface area contributed by atoms with Gasteiger partial charge in [0.2, 0.25) is 0 Å². The number of hydrogen-bond donors (Lipinski definition) is 2. The maximum Gasteiger partial charge on any atom is 0.251 e. The standard InChI is InChI=1S/C31H35N3O2/c1-30(2,3)33-29(35)26-16-18-27(19-17-26)31(36,20-10-15-24-11-6-4-7-12-24)28-21-32-23-34(28)22-25-13-8-5-9-14-25/h4-9,11-14,16-19,21,23,36H,10,15,20,22H2,1-3H3,(H,33,35). The second kappa shape index (κ2) is 10.9. The van der Waals surface area contributed by atoms with E-state index in [1.54, 1.807) is 24.7 Å². The largest absolute Gasteiger partial charge is 0.379 e. The Balaban J connectivity index is 1.64. The Morgan fingerprint density at radius 1 is 0.889 bits per heavy atom. The van der Waals surface area contributed by atoms with Crippen molar-refractivity contribution in [3.8, 4) is 0 Å². The number of nitrogens with zero attached hydrogens (tertiary/aromatic N) is 2. The van der Waals surface area contributed by atoms with Crippen LogP contribution < -0.4 is 5.32 Å². The molecule has 0 aliphatic rings. The number of amides is 1. The zero-order valence-electron chi connectivity index (χ0n) is 21.3. The number of aliphatic hydroxyl groups is 1. The molecule has 5 nitrogen and oxygen atoms in total. The van der Waals surface area contributed by atoms with E-state index >= 15 is 0 Å². The molecule has 1 heterocycles. The third-order valence-electron chi connectivity index (χ3n) is 6.29. The summed E-state index contributed by atoms with van der Waals surface area (Å²) in [5, 5.41) is 15.2. The first-order chi connectivity index (χ1) is 17.2. The molecule has 0 saturated heterocycles. The van der Waals surface area contributed by atoms with Crippen LogP contribution in [0.25, 0.3) is 0 Å². The molecule has 36 heavy (non-hydrogen) atoms. The number of aromatic nitrogens is 2. The molecule has 0 fully saturated rings. The van der Waals surface area contributed by atoms with Crippen molar-refractivity contribution in [3.05, 3.63) is 125 Å². The van der Waals surface area contributed by atoms with Gasteiger partial charge in [-0.05, 0) is 68.9 Å². The number of aryl methyl sites for hydroxylation is 1. The number of imidazole rings is 1. The van der Waals surface area contributed by atoms with Crippen molar-refractivity contribution in [3.63, 3.8) is 0 Å². The van der Waals surface area contributed by atoms with E-state index in [4.69, 9.17) is 0 Å². The minimum atomic E-state index is -1.25. The molecule has 4 rings (SSSR count). The summed E-state index contributed by atoms with van der Waals surface area (Å²) in [6.45, 7) is 6.49. The highest BCUT2D eigenvalue weighted by molar-refractivity contribution is 5.94. The van der Waals surface area contributed by atoms with Crippen LogP contribution in [0.4, 0.5) is 0 Å². The Bertz CT molecular complexity index is 1260. The summed E-state index contributed by atoms with van der Waals surface area (Å²) in [6.07, 6.45) is 5.71. The number of carbonyl (C=O) groups excluding carboxylic acids is 1. The molecule has 0 radical (unpaired) electrons. The number of carbonyl (C=O) groups is 1. The van der Waals surface area contributed by atoms with Crippen LogP contribution in [-0.2, 0) is 18.6 Å². The van der Waals surface area contributed by atoms with E-state index in [1.165, 1.54) is 5.56 Å². The predicted molar refractivity (Wildman–Crippen MR) is 144 cm³/mol. The molecule has 0 saturated carbocycles. The smallest absolute Gasteiger partial charge is 0.251 e. The molecule has 1 aromatic heterocycles. The van der Waals surface area contributed by atoms with Crippen molar-refractivity contribution >= 4 is 5.91 Å². The van der Waals surface area contributed by atoms with Gasteiger partial charge < -0.3 is 15.0 Å². The Kier molecular flexibility index (Phi) is 7.70. The van der Waals surface area contributed by atoms with Gasteiger partial charge in [-0.1, -0.05) is 72.8 Å². The molecule has 0 aliphatic heterocycles. The average Bonchev–Trinajstić information content (AvgIpc) is 3.33. The van der Waals surface area contributed by atoms with Gasteiger partial charge in [0.15, 0.2) is 0 Å². The molecule has 4 aromatic rings. The summed E-state index contributed by atoms with van der Waals surface area (Å²) < 4.78 is 2.01. The Morgan fingerprint density at radius 3 is 2.11 bits per heavy atom. The molecule has 0 spiro atoms. The third kappa shape index (κ3) is 6.29. The lowest BCUT2D eigenvalue weighted by molar-refractivity contribution is 0.0606. The summed E-state index contributed by atoms with van der Waals surface area (Å²) in [5.74, 6) is -0.129. The first-order valence-electron chi connectivity index (χ1n) is 12.5. The molecule has 5 heteroatoms. The number of hydrogen-bond acceptors (Lipinski definition) is 3. The lowest BCUT2D eigenvalue weighted by atomic mass is 9.84. The van der Waals surface area contributed by atoms with Crippen molar-refractivity contribution in [1.29, 1.82) is 0 Å². The van der Waals surface area contributed by atoms with Gasteiger partial charge in [-0.3, -0.25) is 4.79 Å². The molecule has 2 N–H and O–H groups in total. The van der Waals surface area contributed by atoms with Crippen LogP contribution in [0, 0.1) is 0 Å². The Labute approximate surface area is 213 Å². The van der Waals surface area contributed by atoms with Crippen LogP contribution in [-0.4, -0.2) is 26.1 Å². The molecule has 1 unspecified atom stereocenters. The van der Waals surface area contributed by atoms with Crippen molar-refractivity contribution < 1.29 is 9.90 Å². The Morgan fingerprint density at radius 2 is 1.50 bits per heavy atom. The second-order valence-electron chi connectivity index (χ2n) is 10.4. The highest BCUT2D eigenvalue weighted by Crippen LogP contribution is 2.35. The highest BCUT2D eigenvalue weighted by Gasteiger charge is 2.34. The minimum Gasteiger partial charge on any atom is -0.379 e. The maximum absolute atomic E-state index is 12.6. The van der Waals surface area contributed by atoms with Gasteiger partial charge in [-0.25, -0.2) is 4.98 Å².